The van der Waals surface area contributed by atoms with Gasteiger partial charge in [-0.25, -0.2) is 0 Å². The Hall–Kier alpha value is -2.13. The van der Waals surface area contributed by atoms with E-state index in [1.807, 2.05) is 36.5 Å². The molecule has 0 saturated carbocycles. The normalized spacial score (nSPS) is 23.7. The van der Waals surface area contributed by atoms with Crippen LogP contribution in [0.2, 0.25) is 0 Å². The zero-order valence-electron chi connectivity index (χ0n) is 11.8. The predicted octanol–water partition coefficient (Wildman–Crippen LogP) is 3.64. The molecule has 1 saturated heterocycles. The summed E-state index contributed by atoms with van der Waals surface area (Å²) in [5, 5.41) is 3.59. The fourth-order valence-electron chi connectivity index (χ4n) is 3.26. The van der Waals surface area contributed by atoms with Crippen molar-refractivity contribution in [2.75, 3.05) is 6.54 Å². The number of ether oxygens (including phenoxy) is 1. The van der Waals surface area contributed by atoms with Gasteiger partial charge in [0.2, 0.25) is 0 Å². The van der Waals surface area contributed by atoms with Gasteiger partial charge in [0, 0.05) is 17.8 Å². The lowest BCUT2D eigenvalue weighted by Crippen LogP contribution is -2.34. The summed E-state index contributed by atoms with van der Waals surface area (Å²) in [6.07, 6.45) is 8.58. The molecule has 3 nitrogen and oxygen atoms in total. The highest BCUT2D eigenvalue weighted by Gasteiger charge is 2.30. The van der Waals surface area contributed by atoms with Gasteiger partial charge < -0.3 is 10.1 Å². The van der Waals surface area contributed by atoms with Crippen molar-refractivity contribution in [3.8, 4) is 11.5 Å². The van der Waals surface area contributed by atoms with Crippen molar-refractivity contribution in [2.45, 2.75) is 18.9 Å². The van der Waals surface area contributed by atoms with Gasteiger partial charge in [0.05, 0.1) is 6.20 Å². The molecule has 3 heteroatoms. The monoisotopic (exact) mass is 278 g/mol. The molecule has 2 atom stereocenters. The van der Waals surface area contributed by atoms with Crippen LogP contribution >= 0.6 is 0 Å². The highest BCUT2D eigenvalue weighted by atomic mass is 16.5. The van der Waals surface area contributed by atoms with Crippen LogP contribution in [-0.4, -0.2) is 17.6 Å². The Kier molecular flexibility index (Phi) is 3.20. The number of aromatic nitrogens is 1. The molecule has 1 aliphatic heterocycles. The molecule has 21 heavy (non-hydrogen) atoms. The SMILES string of the molecule is C1=C(c2cncc(Oc3ccccc3)c2)C2CC1CCN2. The molecule has 1 aromatic carbocycles. The van der Waals surface area contributed by atoms with E-state index >= 15 is 0 Å². The van der Waals surface area contributed by atoms with E-state index in [0.29, 0.717) is 6.04 Å². The predicted molar refractivity (Wildman–Crippen MR) is 83.2 cm³/mol. The lowest BCUT2D eigenvalue weighted by atomic mass is 9.98. The molecular weight excluding hydrogens is 260 g/mol. The molecule has 1 fully saturated rings. The molecule has 2 heterocycles. The van der Waals surface area contributed by atoms with Gasteiger partial charge in [-0.1, -0.05) is 24.3 Å². The maximum Gasteiger partial charge on any atom is 0.146 e. The summed E-state index contributed by atoms with van der Waals surface area (Å²) in [6, 6.07) is 12.4. The van der Waals surface area contributed by atoms with Crippen molar-refractivity contribution in [1.82, 2.24) is 10.3 Å². The molecule has 0 amide bonds. The number of nitrogens with zero attached hydrogens (tertiary/aromatic N) is 1. The lowest BCUT2D eigenvalue weighted by molar-refractivity contribution is 0.417. The van der Waals surface area contributed by atoms with E-state index in [1.165, 1.54) is 24.0 Å². The van der Waals surface area contributed by atoms with E-state index in [9.17, 15) is 0 Å². The Balaban J connectivity index is 1.60. The Morgan fingerprint density at radius 2 is 2.00 bits per heavy atom. The Bertz CT molecular complexity index is 666. The first-order chi connectivity index (χ1) is 10.4. The third kappa shape index (κ3) is 2.57. The second kappa shape index (κ2) is 5.34. The zero-order valence-corrected chi connectivity index (χ0v) is 11.8. The maximum absolute atomic E-state index is 5.88. The highest BCUT2D eigenvalue weighted by molar-refractivity contribution is 5.72. The molecule has 2 unspecified atom stereocenters. The van der Waals surface area contributed by atoms with Crippen molar-refractivity contribution in [3.05, 3.63) is 60.4 Å². The molecule has 4 rings (SSSR count). The first-order valence-electron chi connectivity index (χ1n) is 7.52. The molecule has 0 spiro atoms. The van der Waals surface area contributed by atoms with Crippen LogP contribution in [0.4, 0.5) is 0 Å². The number of allylic oxidation sites excluding steroid dienone is 1. The summed E-state index contributed by atoms with van der Waals surface area (Å²) in [6.45, 7) is 1.11. The van der Waals surface area contributed by atoms with Crippen LogP contribution in [0.3, 0.4) is 0 Å². The lowest BCUT2D eigenvalue weighted by Gasteiger charge is -2.22. The standard InChI is InChI=1S/C18H18N2O/c1-2-4-15(5-3-1)21-16-10-14(11-19-12-16)17-8-13-6-7-20-18(17)9-13/h1-5,8,10-13,18,20H,6-7,9H2. The molecule has 2 aromatic rings. The smallest absolute Gasteiger partial charge is 0.146 e. The van der Waals surface area contributed by atoms with Crippen LogP contribution in [0.5, 0.6) is 11.5 Å². The number of para-hydroxylation sites is 1. The van der Waals surface area contributed by atoms with Crippen LogP contribution in [-0.2, 0) is 0 Å². The summed E-state index contributed by atoms with van der Waals surface area (Å²) in [4.78, 5) is 4.35. The quantitative estimate of drug-likeness (QED) is 0.930. The van der Waals surface area contributed by atoms with Crippen molar-refractivity contribution >= 4 is 5.57 Å². The van der Waals surface area contributed by atoms with E-state index in [1.54, 1.807) is 6.20 Å². The number of hydrogen-bond acceptors (Lipinski definition) is 3. The highest BCUT2D eigenvalue weighted by Crippen LogP contribution is 2.37. The van der Waals surface area contributed by atoms with Gasteiger partial charge in [-0.15, -0.1) is 0 Å². The largest absolute Gasteiger partial charge is 0.456 e. The molecule has 2 aliphatic rings. The van der Waals surface area contributed by atoms with Gasteiger partial charge in [0.25, 0.3) is 0 Å². The van der Waals surface area contributed by atoms with Crippen LogP contribution < -0.4 is 10.1 Å². The summed E-state index contributed by atoms with van der Waals surface area (Å²) in [5.74, 6) is 2.36. The Labute approximate surface area is 124 Å². The fourth-order valence-corrected chi connectivity index (χ4v) is 3.26. The third-order valence-corrected chi connectivity index (χ3v) is 4.26. The van der Waals surface area contributed by atoms with Gasteiger partial charge in [0.15, 0.2) is 0 Å². The Morgan fingerprint density at radius 1 is 1.10 bits per heavy atom. The minimum absolute atomic E-state index is 0.484. The van der Waals surface area contributed by atoms with E-state index in [-0.39, 0.29) is 0 Å². The van der Waals surface area contributed by atoms with Gasteiger partial charge >= 0.3 is 0 Å². The second-order valence-corrected chi connectivity index (χ2v) is 5.74. The number of nitrogens with one attached hydrogen (secondary N) is 1. The average Bonchev–Trinajstić information content (AvgIpc) is 2.83. The fraction of sp³-hybridized carbons (Fsp3) is 0.278. The van der Waals surface area contributed by atoms with Crippen molar-refractivity contribution in [3.63, 3.8) is 0 Å². The first kappa shape index (κ1) is 12.6. The molecule has 1 aromatic heterocycles. The van der Waals surface area contributed by atoms with Crippen molar-refractivity contribution < 1.29 is 4.74 Å². The van der Waals surface area contributed by atoms with E-state index < -0.39 is 0 Å². The molecule has 106 valence electrons. The maximum atomic E-state index is 5.88. The summed E-state index contributed by atoms with van der Waals surface area (Å²) in [5.41, 5.74) is 2.55. The van der Waals surface area contributed by atoms with Crippen LogP contribution in [0.1, 0.15) is 18.4 Å². The molecule has 1 N–H and O–H groups in total. The molecule has 1 aliphatic carbocycles. The molecular formula is C18H18N2O. The van der Waals surface area contributed by atoms with E-state index in [4.69, 9.17) is 4.74 Å². The van der Waals surface area contributed by atoms with Gasteiger partial charge in [0.1, 0.15) is 11.5 Å². The van der Waals surface area contributed by atoms with Gasteiger partial charge in [-0.2, -0.15) is 0 Å². The zero-order chi connectivity index (χ0) is 14.1. The number of hydrogen-bond donors (Lipinski definition) is 1. The number of fused-ring (bicyclic) bond motifs is 2. The second-order valence-electron chi connectivity index (χ2n) is 5.74. The summed E-state index contributed by atoms with van der Waals surface area (Å²) in [7, 11) is 0. The number of pyridine rings is 1. The van der Waals surface area contributed by atoms with Gasteiger partial charge in [-0.05, 0) is 49.1 Å². The van der Waals surface area contributed by atoms with Crippen molar-refractivity contribution in [2.24, 2.45) is 5.92 Å². The van der Waals surface area contributed by atoms with Crippen LogP contribution in [0.15, 0.2) is 54.9 Å². The number of benzene rings is 1. The van der Waals surface area contributed by atoms with Gasteiger partial charge in [-0.3, -0.25) is 4.98 Å². The number of piperidine rings is 1. The topological polar surface area (TPSA) is 34.1 Å². The minimum Gasteiger partial charge on any atom is -0.456 e. The minimum atomic E-state index is 0.484. The summed E-state index contributed by atoms with van der Waals surface area (Å²) < 4.78 is 5.88. The molecule has 0 radical (unpaired) electrons. The van der Waals surface area contributed by atoms with E-state index in [0.717, 1.165) is 24.0 Å². The molecule has 2 bridgehead atoms. The Morgan fingerprint density at radius 3 is 2.86 bits per heavy atom. The first-order valence-corrected chi connectivity index (χ1v) is 7.52. The average molecular weight is 278 g/mol. The number of rotatable bonds is 3. The third-order valence-electron chi connectivity index (χ3n) is 4.26. The van der Waals surface area contributed by atoms with Crippen LogP contribution in [0, 0.1) is 5.92 Å². The van der Waals surface area contributed by atoms with E-state index in [2.05, 4.69) is 22.4 Å². The van der Waals surface area contributed by atoms with Crippen LogP contribution in [0.25, 0.3) is 5.57 Å². The summed E-state index contributed by atoms with van der Waals surface area (Å²) >= 11 is 0. The van der Waals surface area contributed by atoms with Crippen molar-refractivity contribution in [1.29, 1.82) is 0 Å².